The molecular formula is C28H58O2. The lowest BCUT2D eigenvalue weighted by Crippen LogP contribution is -2.14. The van der Waals surface area contributed by atoms with Gasteiger partial charge in [-0.1, -0.05) is 136 Å². The van der Waals surface area contributed by atoms with Crippen LogP contribution in [-0.4, -0.2) is 24.4 Å². The van der Waals surface area contributed by atoms with Crippen LogP contribution in [0.15, 0.2) is 0 Å². The Balaban J connectivity index is 3.74. The molecule has 0 fully saturated rings. The van der Waals surface area contributed by atoms with Crippen LogP contribution in [0.1, 0.15) is 162 Å². The number of aliphatic hydroxyl groups excluding tert-OH is 1. The fraction of sp³-hybridized carbons (Fsp3) is 1.00. The number of hydrogen-bond donors (Lipinski definition) is 1. The predicted molar refractivity (Wildman–Crippen MR) is 134 cm³/mol. The third kappa shape index (κ3) is 24.2. The highest BCUT2D eigenvalue weighted by Gasteiger charge is 2.09. The Kier molecular flexibility index (Phi) is 26.9. The Morgan fingerprint density at radius 1 is 0.467 bits per heavy atom. The van der Waals surface area contributed by atoms with E-state index in [1.54, 1.807) is 0 Å². The molecule has 2 nitrogen and oxygen atoms in total. The molecule has 0 spiro atoms. The third-order valence-corrected chi connectivity index (χ3v) is 6.42. The van der Waals surface area contributed by atoms with Gasteiger partial charge in [-0.3, -0.25) is 0 Å². The van der Waals surface area contributed by atoms with E-state index in [1.807, 2.05) is 0 Å². The Morgan fingerprint density at radius 3 is 1.27 bits per heavy atom. The van der Waals surface area contributed by atoms with E-state index in [2.05, 4.69) is 13.8 Å². The highest BCUT2D eigenvalue weighted by Crippen LogP contribution is 2.17. The molecule has 0 aromatic heterocycles. The standard InChI is InChI=1S/C28H58O2/c1-3-5-7-9-11-12-13-14-16-20-24-28(25-21-17-18-22-26-29)30-27-23-19-15-10-8-6-4-2/h28-29H,3-27H2,1-2H3. The molecule has 182 valence electrons. The second kappa shape index (κ2) is 27.0. The summed E-state index contributed by atoms with van der Waals surface area (Å²) in [6, 6.07) is 0. The first-order chi connectivity index (χ1) is 14.8. The lowest BCUT2D eigenvalue weighted by molar-refractivity contribution is 0.0356. The van der Waals surface area contributed by atoms with E-state index in [4.69, 9.17) is 9.84 Å². The molecule has 0 saturated carbocycles. The van der Waals surface area contributed by atoms with Crippen molar-refractivity contribution in [2.75, 3.05) is 13.2 Å². The van der Waals surface area contributed by atoms with Crippen LogP contribution in [0, 0.1) is 0 Å². The first-order valence-electron chi connectivity index (χ1n) is 14.1. The SMILES string of the molecule is CCCCCCCCCCCCC(CCCCCCO)OCCCCCCCCC. The van der Waals surface area contributed by atoms with Gasteiger partial charge in [0.1, 0.15) is 0 Å². The molecule has 0 heterocycles. The molecule has 0 saturated heterocycles. The minimum absolute atomic E-state index is 0.344. The molecule has 0 radical (unpaired) electrons. The van der Waals surface area contributed by atoms with Crippen molar-refractivity contribution in [1.82, 2.24) is 0 Å². The van der Waals surface area contributed by atoms with Gasteiger partial charge < -0.3 is 9.84 Å². The molecule has 0 aromatic carbocycles. The van der Waals surface area contributed by atoms with Gasteiger partial charge in [-0.25, -0.2) is 0 Å². The van der Waals surface area contributed by atoms with E-state index >= 15 is 0 Å². The number of aliphatic hydroxyl groups is 1. The van der Waals surface area contributed by atoms with Gasteiger partial charge in [0.05, 0.1) is 6.10 Å². The quantitative estimate of drug-likeness (QED) is 0.140. The molecule has 1 unspecified atom stereocenters. The maximum absolute atomic E-state index is 8.94. The zero-order valence-electron chi connectivity index (χ0n) is 21.1. The van der Waals surface area contributed by atoms with E-state index in [-0.39, 0.29) is 0 Å². The summed E-state index contributed by atoms with van der Waals surface area (Å²) >= 11 is 0. The summed E-state index contributed by atoms with van der Waals surface area (Å²) in [7, 11) is 0. The molecule has 0 aliphatic heterocycles. The molecule has 0 aliphatic rings. The van der Waals surface area contributed by atoms with Crippen LogP contribution < -0.4 is 0 Å². The summed E-state index contributed by atoms with van der Waals surface area (Å²) < 4.78 is 6.31. The highest BCUT2D eigenvalue weighted by atomic mass is 16.5. The zero-order chi connectivity index (χ0) is 22.0. The summed E-state index contributed by atoms with van der Waals surface area (Å²) in [5, 5.41) is 8.94. The highest BCUT2D eigenvalue weighted by molar-refractivity contribution is 4.61. The third-order valence-electron chi connectivity index (χ3n) is 6.42. The van der Waals surface area contributed by atoms with Gasteiger partial charge in [0, 0.05) is 13.2 Å². The van der Waals surface area contributed by atoms with Crippen molar-refractivity contribution < 1.29 is 9.84 Å². The van der Waals surface area contributed by atoms with Gasteiger partial charge in [-0.05, 0) is 25.7 Å². The second-order valence-corrected chi connectivity index (χ2v) is 9.51. The maximum Gasteiger partial charge on any atom is 0.0575 e. The van der Waals surface area contributed by atoms with Crippen molar-refractivity contribution >= 4 is 0 Å². The normalized spacial score (nSPS) is 12.5. The second-order valence-electron chi connectivity index (χ2n) is 9.51. The van der Waals surface area contributed by atoms with Gasteiger partial charge >= 0.3 is 0 Å². The Hall–Kier alpha value is -0.0800. The summed E-state index contributed by atoms with van der Waals surface area (Å²) in [6.07, 6.45) is 31.2. The van der Waals surface area contributed by atoms with Gasteiger partial charge in [0.25, 0.3) is 0 Å². The molecule has 0 amide bonds. The fourth-order valence-corrected chi connectivity index (χ4v) is 4.32. The lowest BCUT2D eigenvalue weighted by Gasteiger charge is -2.18. The van der Waals surface area contributed by atoms with Crippen LogP contribution >= 0.6 is 0 Å². The molecular weight excluding hydrogens is 368 g/mol. The largest absolute Gasteiger partial charge is 0.396 e. The maximum atomic E-state index is 8.94. The van der Waals surface area contributed by atoms with Crippen LogP contribution in [0.2, 0.25) is 0 Å². The average Bonchev–Trinajstić information content (AvgIpc) is 2.76. The monoisotopic (exact) mass is 426 g/mol. The molecule has 30 heavy (non-hydrogen) atoms. The van der Waals surface area contributed by atoms with Crippen LogP contribution in [0.4, 0.5) is 0 Å². The van der Waals surface area contributed by atoms with Crippen molar-refractivity contribution in [3.63, 3.8) is 0 Å². The van der Waals surface area contributed by atoms with E-state index in [0.29, 0.717) is 12.7 Å². The number of unbranched alkanes of at least 4 members (excludes halogenated alkanes) is 18. The molecule has 2 heteroatoms. The van der Waals surface area contributed by atoms with Crippen LogP contribution in [0.25, 0.3) is 0 Å². The van der Waals surface area contributed by atoms with Crippen molar-refractivity contribution in [3.05, 3.63) is 0 Å². The summed E-state index contributed by atoms with van der Waals surface area (Å²) in [4.78, 5) is 0. The lowest BCUT2D eigenvalue weighted by atomic mass is 10.0. The number of hydrogen-bond acceptors (Lipinski definition) is 2. The van der Waals surface area contributed by atoms with Crippen molar-refractivity contribution in [2.24, 2.45) is 0 Å². The summed E-state index contributed by atoms with van der Waals surface area (Å²) in [5.74, 6) is 0. The molecule has 0 bridgehead atoms. The van der Waals surface area contributed by atoms with Crippen molar-refractivity contribution in [1.29, 1.82) is 0 Å². The average molecular weight is 427 g/mol. The first-order valence-corrected chi connectivity index (χ1v) is 14.1. The summed E-state index contributed by atoms with van der Waals surface area (Å²) in [6.45, 7) is 5.89. The molecule has 0 rings (SSSR count). The minimum atomic E-state index is 0.344. The van der Waals surface area contributed by atoms with E-state index in [9.17, 15) is 0 Å². The smallest absolute Gasteiger partial charge is 0.0575 e. The van der Waals surface area contributed by atoms with Crippen molar-refractivity contribution in [3.8, 4) is 0 Å². The Bertz CT molecular complexity index is 292. The molecule has 1 atom stereocenters. The van der Waals surface area contributed by atoms with Crippen LogP contribution in [-0.2, 0) is 4.74 Å². The number of ether oxygens (including phenoxy) is 1. The van der Waals surface area contributed by atoms with Crippen LogP contribution in [0.5, 0.6) is 0 Å². The van der Waals surface area contributed by atoms with Crippen LogP contribution in [0.3, 0.4) is 0 Å². The molecule has 0 aromatic rings. The van der Waals surface area contributed by atoms with E-state index in [1.165, 1.54) is 141 Å². The number of rotatable bonds is 26. The van der Waals surface area contributed by atoms with Gasteiger partial charge in [0.2, 0.25) is 0 Å². The van der Waals surface area contributed by atoms with Gasteiger partial charge in [-0.15, -0.1) is 0 Å². The molecule has 1 N–H and O–H groups in total. The van der Waals surface area contributed by atoms with E-state index in [0.717, 1.165) is 13.0 Å². The molecule has 0 aliphatic carbocycles. The first kappa shape index (κ1) is 29.9. The van der Waals surface area contributed by atoms with E-state index < -0.39 is 0 Å². The predicted octanol–water partition coefficient (Wildman–Crippen LogP) is 9.38. The Morgan fingerprint density at radius 2 is 0.833 bits per heavy atom. The zero-order valence-corrected chi connectivity index (χ0v) is 21.1. The fourth-order valence-electron chi connectivity index (χ4n) is 4.32. The minimum Gasteiger partial charge on any atom is -0.396 e. The van der Waals surface area contributed by atoms with Crippen molar-refractivity contribution in [2.45, 2.75) is 168 Å². The van der Waals surface area contributed by atoms with Gasteiger partial charge in [0.15, 0.2) is 0 Å². The topological polar surface area (TPSA) is 29.5 Å². The Labute approximate surface area is 191 Å². The van der Waals surface area contributed by atoms with Gasteiger partial charge in [-0.2, -0.15) is 0 Å². The summed E-state index contributed by atoms with van der Waals surface area (Å²) in [5.41, 5.74) is 0.